The van der Waals surface area contributed by atoms with Crippen LogP contribution in [0.1, 0.15) is 24.1 Å². The summed E-state index contributed by atoms with van der Waals surface area (Å²) < 4.78 is 32.7. The average Bonchev–Trinajstić information content (AvgIpc) is 2.33. The summed E-state index contributed by atoms with van der Waals surface area (Å²) in [5, 5.41) is 0. The molecule has 0 bridgehead atoms. The second-order valence-electron chi connectivity index (χ2n) is 4.45. The Bertz CT molecular complexity index is 597. The summed E-state index contributed by atoms with van der Waals surface area (Å²) in [6, 6.07) is 8.46. The van der Waals surface area contributed by atoms with Gasteiger partial charge >= 0.3 is 0 Å². The van der Waals surface area contributed by atoms with Gasteiger partial charge < -0.3 is 10.5 Å². The quantitative estimate of drug-likeness (QED) is 0.905. The van der Waals surface area contributed by atoms with Crippen molar-refractivity contribution in [1.82, 2.24) is 0 Å². The molecular formula is C15H15F2NO. The Labute approximate surface area is 110 Å². The molecular weight excluding hydrogens is 248 g/mol. The summed E-state index contributed by atoms with van der Waals surface area (Å²) in [5.41, 5.74) is 6.54. The van der Waals surface area contributed by atoms with Crippen LogP contribution in [0, 0.1) is 18.6 Å². The molecule has 0 unspecified atom stereocenters. The van der Waals surface area contributed by atoms with Gasteiger partial charge in [0.15, 0.2) is 0 Å². The maximum Gasteiger partial charge on any atom is 0.135 e. The highest BCUT2D eigenvalue weighted by Crippen LogP contribution is 2.31. The van der Waals surface area contributed by atoms with Crippen molar-refractivity contribution >= 4 is 0 Å². The van der Waals surface area contributed by atoms with Crippen LogP contribution in [-0.4, -0.2) is 0 Å². The van der Waals surface area contributed by atoms with E-state index in [-0.39, 0.29) is 11.4 Å². The van der Waals surface area contributed by atoms with Gasteiger partial charge in [-0.3, -0.25) is 0 Å². The van der Waals surface area contributed by atoms with Crippen molar-refractivity contribution in [2.75, 3.05) is 0 Å². The molecule has 0 spiro atoms. The number of benzene rings is 2. The molecule has 2 aromatic rings. The zero-order valence-corrected chi connectivity index (χ0v) is 10.8. The largest absolute Gasteiger partial charge is 0.457 e. The molecule has 0 aliphatic rings. The molecule has 0 amide bonds. The molecule has 2 rings (SSSR count). The molecule has 0 aromatic heterocycles. The van der Waals surface area contributed by atoms with Crippen molar-refractivity contribution in [2.45, 2.75) is 19.9 Å². The maximum atomic E-state index is 13.7. The third-order valence-electron chi connectivity index (χ3n) is 2.84. The van der Waals surface area contributed by atoms with Crippen LogP contribution in [0.4, 0.5) is 8.78 Å². The van der Waals surface area contributed by atoms with Gasteiger partial charge in [0.25, 0.3) is 0 Å². The van der Waals surface area contributed by atoms with E-state index in [2.05, 4.69) is 0 Å². The van der Waals surface area contributed by atoms with Crippen molar-refractivity contribution < 1.29 is 13.5 Å². The predicted octanol–water partition coefficient (Wildman–Crippen LogP) is 4.09. The van der Waals surface area contributed by atoms with E-state index in [0.717, 1.165) is 0 Å². The average molecular weight is 263 g/mol. The van der Waals surface area contributed by atoms with Gasteiger partial charge in [-0.2, -0.15) is 0 Å². The lowest BCUT2D eigenvalue weighted by Crippen LogP contribution is -2.09. The lowest BCUT2D eigenvalue weighted by Gasteiger charge is -2.14. The molecule has 0 saturated heterocycles. The second-order valence-corrected chi connectivity index (χ2v) is 4.45. The molecule has 19 heavy (non-hydrogen) atoms. The number of aryl methyl sites for hydroxylation is 1. The Morgan fingerprint density at radius 1 is 1.11 bits per heavy atom. The van der Waals surface area contributed by atoms with Gasteiger partial charge in [-0.05, 0) is 37.6 Å². The molecule has 100 valence electrons. The highest BCUT2D eigenvalue weighted by Gasteiger charge is 2.14. The number of halogens is 2. The minimum atomic E-state index is -0.508. The normalized spacial score (nSPS) is 12.3. The third-order valence-corrected chi connectivity index (χ3v) is 2.84. The van der Waals surface area contributed by atoms with E-state index in [0.29, 0.717) is 17.1 Å². The van der Waals surface area contributed by atoms with Gasteiger partial charge in [-0.25, -0.2) is 8.78 Å². The highest BCUT2D eigenvalue weighted by molar-refractivity contribution is 5.41. The molecule has 4 heteroatoms. The van der Waals surface area contributed by atoms with E-state index < -0.39 is 11.9 Å². The third kappa shape index (κ3) is 2.90. The predicted molar refractivity (Wildman–Crippen MR) is 70.2 cm³/mol. The minimum Gasteiger partial charge on any atom is -0.457 e. The molecule has 2 aromatic carbocycles. The monoisotopic (exact) mass is 263 g/mol. The number of ether oxygens (including phenoxy) is 1. The first-order chi connectivity index (χ1) is 8.99. The first-order valence-electron chi connectivity index (χ1n) is 5.97. The van der Waals surface area contributed by atoms with E-state index >= 15 is 0 Å². The van der Waals surface area contributed by atoms with Crippen LogP contribution in [0.15, 0.2) is 36.4 Å². The molecule has 0 saturated carbocycles. The Morgan fingerprint density at radius 3 is 2.47 bits per heavy atom. The summed E-state index contributed by atoms with van der Waals surface area (Å²) in [4.78, 5) is 0. The smallest absolute Gasteiger partial charge is 0.135 e. The first-order valence-corrected chi connectivity index (χ1v) is 5.97. The van der Waals surface area contributed by atoms with Crippen LogP contribution in [-0.2, 0) is 0 Å². The number of hydrogen-bond donors (Lipinski definition) is 1. The van der Waals surface area contributed by atoms with E-state index in [1.165, 1.54) is 18.2 Å². The van der Waals surface area contributed by atoms with E-state index in [1.54, 1.807) is 32.0 Å². The van der Waals surface area contributed by atoms with Gasteiger partial charge in [0, 0.05) is 17.7 Å². The zero-order valence-electron chi connectivity index (χ0n) is 10.8. The van der Waals surface area contributed by atoms with Crippen molar-refractivity contribution in [3.8, 4) is 11.5 Å². The van der Waals surface area contributed by atoms with Gasteiger partial charge in [0.05, 0.1) is 0 Å². The molecule has 0 fully saturated rings. The lowest BCUT2D eigenvalue weighted by molar-refractivity contribution is 0.456. The van der Waals surface area contributed by atoms with E-state index in [4.69, 9.17) is 10.5 Å². The van der Waals surface area contributed by atoms with Gasteiger partial charge in [0.2, 0.25) is 0 Å². The Kier molecular flexibility index (Phi) is 3.81. The maximum absolute atomic E-state index is 13.7. The topological polar surface area (TPSA) is 35.2 Å². The fraction of sp³-hybridized carbons (Fsp3) is 0.200. The van der Waals surface area contributed by atoms with Crippen LogP contribution < -0.4 is 10.5 Å². The SMILES string of the molecule is Cc1ccc(Oc2cccc(F)c2[C@H](C)N)cc1F. The lowest BCUT2D eigenvalue weighted by atomic mass is 10.1. The van der Waals surface area contributed by atoms with Crippen molar-refractivity contribution in [3.05, 3.63) is 59.2 Å². The Morgan fingerprint density at radius 2 is 1.84 bits per heavy atom. The fourth-order valence-corrected chi connectivity index (χ4v) is 1.81. The van der Waals surface area contributed by atoms with Gasteiger partial charge in [-0.15, -0.1) is 0 Å². The van der Waals surface area contributed by atoms with Crippen LogP contribution >= 0.6 is 0 Å². The molecule has 2 nitrogen and oxygen atoms in total. The summed E-state index contributed by atoms with van der Waals surface area (Å²) >= 11 is 0. The number of nitrogens with two attached hydrogens (primary N) is 1. The molecule has 0 aliphatic heterocycles. The number of rotatable bonds is 3. The molecule has 0 aliphatic carbocycles. The molecule has 1 atom stereocenters. The number of hydrogen-bond acceptors (Lipinski definition) is 2. The zero-order chi connectivity index (χ0) is 14.0. The Hall–Kier alpha value is -1.94. The fourth-order valence-electron chi connectivity index (χ4n) is 1.81. The molecule has 0 radical (unpaired) electrons. The second kappa shape index (κ2) is 5.36. The summed E-state index contributed by atoms with van der Waals surface area (Å²) in [6.07, 6.45) is 0. The van der Waals surface area contributed by atoms with Gasteiger partial charge in [0.1, 0.15) is 23.1 Å². The summed E-state index contributed by atoms with van der Waals surface area (Å²) in [5.74, 6) is -0.176. The first kappa shape index (κ1) is 13.5. The van der Waals surface area contributed by atoms with Crippen molar-refractivity contribution in [1.29, 1.82) is 0 Å². The highest BCUT2D eigenvalue weighted by atomic mass is 19.1. The van der Waals surface area contributed by atoms with Crippen LogP contribution in [0.25, 0.3) is 0 Å². The Balaban J connectivity index is 2.38. The van der Waals surface area contributed by atoms with Crippen LogP contribution in [0.3, 0.4) is 0 Å². The minimum absolute atomic E-state index is 0.281. The molecule has 2 N–H and O–H groups in total. The molecule has 0 heterocycles. The standard InChI is InChI=1S/C15H15F2NO/c1-9-6-7-11(8-13(9)17)19-14-5-3-4-12(16)15(14)10(2)18/h3-8,10H,18H2,1-2H3/t10-/m0/s1. The van der Waals surface area contributed by atoms with Crippen LogP contribution in [0.5, 0.6) is 11.5 Å². The van der Waals surface area contributed by atoms with Crippen molar-refractivity contribution in [2.24, 2.45) is 5.73 Å². The van der Waals surface area contributed by atoms with Crippen LogP contribution in [0.2, 0.25) is 0 Å². The summed E-state index contributed by atoms with van der Waals surface area (Å²) in [6.45, 7) is 3.33. The van der Waals surface area contributed by atoms with E-state index in [9.17, 15) is 8.78 Å². The van der Waals surface area contributed by atoms with Gasteiger partial charge in [-0.1, -0.05) is 12.1 Å². The summed E-state index contributed by atoms with van der Waals surface area (Å²) in [7, 11) is 0. The van der Waals surface area contributed by atoms with Crippen molar-refractivity contribution in [3.63, 3.8) is 0 Å². The van der Waals surface area contributed by atoms with E-state index in [1.807, 2.05) is 0 Å².